The van der Waals surface area contributed by atoms with Crippen molar-refractivity contribution in [3.05, 3.63) is 77.6 Å². The van der Waals surface area contributed by atoms with Crippen LogP contribution in [-0.2, 0) is 52.8 Å². The van der Waals surface area contributed by atoms with Crippen LogP contribution in [0.3, 0.4) is 0 Å². The van der Waals surface area contributed by atoms with Crippen molar-refractivity contribution in [1.29, 1.82) is 0 Å². The van der Waals surface area contributed by atoms with Crippen LogP contribution in [0.25, 0.3) is 33.3 Å². The summed E-state index contributed by atoms with van der Waals surface area (Å²) in [6.45, 7) is 16.9. The number of likely N-dealkylation sites (tertiary alicyclic amines) is 1. The second-order valence-electron chi connectivity index (χ2n) is 20.4. The Morgan fingerprint density at radius 1 is 1.00 bits per heavy atom. The molecule has 0 saturated carbocycles. The van der Waals surface area contributed by atoms with Crippen LogP contribution in [0.15, 0.2) is 60.8 Å². The third-order valence-electron chi connectivity index (χ3n) is 14.0. The Morgan fingerprint density at radius 3 is 2.50 bits per heavy atom. The highest BCUT2D eigenvalue weighted by molar-refractivity contribution is 5.97. The Kier molecular flexibility index (Phi) is 14.4. The lowest BCUT2D eigenvalue weighted by Crippen LogP contribution is -2.62. The number of cyclic esters (lactones) is 1. The van der Waals surface area contributed by atoms with E-state index < -0.39 is 47.2 Å². The molecule has 4 aliphatic rings. The van der Waals surface area contributed by atoms with E-state index in [1.54, 1.807) is 11.9 Å². The van der Waals surface area contributed by atoms with Crippen LogP contribution in [0, 0.1) is 29.1 Å². The number of carbonyl (C=O) groups is 5. The number of carbonyl (C=O) groups excluding carboxylic acids is 5. The van der Waals surface area contributed by atoms with E-state index >= 15 is 0 Å². The van der Waals surface area contributed by atoms with Gasteiger partial charge in [-0.15, -0.1) is 0 Å². The number of rotatable bonds is 8. The minimum absolute atomic E-state index is 0.151. The molecule has 2 N–H and O–H groups in total. The topological polar surface area (TPSA) is 155 Å². The molecule has 4 aliphatic heterocycles. The summed E-state index contributed by atoms with van der Waals surface area (Å²) in [5.74, 6) is 3.00. The predicted octanol–water partition coefficient (Wildman–Crippen LogP) is 6.29. The number of amides is 4. The molecule has 14 heteroatoms. The highest BCUT2D eigenvalue weighted by atomic mass is 16.5. The van der Waals surface area contributed by atoms with Gasteiger partial charge in [-0.1, -0.05) is 77.8 Å². The van der Waals surface area contributed by atoms with Gasteiger partial charge in [-0.05, 0) is 96.9 Å². The minimum atomic E-state index is -1.05. The van der Waals surface area contributed by atoms with E-state index in [1.807, 2.05) is 38.2 Å². The number of benzene rings is 2. The number of aryl methyl sites for hydroxylation is 1. The van der Waals surface area contributed by atoms with Crippen LogP contribution in [-0.4, -0.2) is 118 Å². The molecule has 14 nitrogen and oxygen atoms in total. The zero-order chi connectivity index (χ0) is 48.4. The van der Waals surface area contributed by atoms with Crippen molar-refractivity contribution in [3.63, 3.8) is 0 Å². The van der Waals surface area contributed by atoms with Gasteiger partial charge in [0.05, 0.1) is 30.5 Å². The van der Waals surface area contributed by atoms with Gasteiger partial charge in [-0.3, -0.25) is 34.0 Å². The molecule has 0 radical (unpaired) electrons. The van der Waals surface area contributed by atoms with Crippen LogP contribution in [0.1, 0.15) is 96.9 Å². The summed E-state index contributed by atoms with van der Waals surface area (Å²) in [5.41, 5.74) is 11.0. The molecule has 5 atom stereocenters. The van der Waals surface area contributed by atoms with Gasteiger partial charge in [0, 0.05) is 74.1 Å². The number of nitrogens with one attached hydrogen (secondary N) is 2. The average molecular weight is 926 g/mol. The molecule has 0 aliphatic carbocycles. The second-order valence-corrected chi connectivity index (χ2v) is 20.4. The van der Waals surface area contributed by atoms with Gasteiger partial charge in [-0.25, -0.2) is 5.43 Å². The van der Waals surface area contributed by atoms with Crippen molar-refractivity contribution >= 4 is 40.5 Å². The van der Waals surface area contributed by atoms with Gasteiger partial charge >= 0.3 is 5.97 Å². The highest BCUT2D eigenvalue weighted by Crippen LogP contribution is 2.42. The Labute approximate surface area is 400 Å². The van der Waals surface area contributed by atoms with E-state index in [0.29, 0.717) is 45.4 Å². The van der Waals surface area contributed by atoms with Gasteiger partial charge in [0.1, 0.15) is 24.2 Å². The predicted molar refractivity (Wildman–Crippen MR) is 261 cm³/mol. The minimum Gasteiger partial charge on any atom is -0.464 e. The number of likely N-dealkylation sites (N-methyl/N-ethyl adjacent to an activating group) is 1. The molecular formula is C54H67N7O7. The van der Waals surface area contributed by atoms with Gasteiger partial charge in [0.2, 0.25) is 11.8 Å². The van der Waals surface area contributed by atoms with E-state index in [4.69, 9.17) is 14.5 Å². The number of esters is 1. The summed E-state index contributed by atoms with van der Waals surface area (Å²) in [6.07, 6.45) is 4.69. The summed E-state index contributed by atoms with van der Waals surface area (Å²) in [7, 11) is 1.61. The van der Waals surface area contributed by atoms with Gasteiger partial charge in [0.15, 0.2) is 0 Å². The average Bonchev–Trinajstić information content (AvgIpc) is 3.92. The van der Waals surface area contributed by atoms with E-state index in [1.165, 1.54) is 15.5 Å². The fourth-order valence-corrected chi connectivity index (χ4v) is 10.3. The number of pyridine rings is 1. The standard InChI is InChI=1S/C54H67N7O7/c1-9-60-45-19-17-37-29-41(45)42(49(60)40-15-11-23-55-47(40)33(2)3)30-54(6,7)32-68-53(66)43-16-12-24-61(57-43)52(65)44(28-35-13-10-14-36(37)27-35)56-50(63)48(34(4)5)58(8)51(64)38-21-25-59(31-38)46(62)20-18-39-22-26-67-39/h10-11,13-15,17,19,23,27,29,33-34,38-39,43-44,48,57H,9,12,16,21-22,24-26,28,30-32H2,1-8H3,(H,56,63)/t38-,39+,43-,44-,48-/m0/s1. The molecule has 3 fully saturated rings. The number of hydrogen-bond donors (Lipinski definition) is 2. The maximum atomic E-state index is 14.8. The number of hydrogen-bond acceptors (Lipinski definition) is 9. The van der Waals surface area contributed by atoms with Crippen LogP contribution in [0.4, 0.5) is 0 Å². The Balaban J connectivity index is 1.13. The molecule has 4 amide bonds. The molecule has 68 heavy (non-hydrogen) atoms. The molecule has 0 spiro atoms. The lowest BCUT2D eigenvalue weighted by molar-refractivity contribution is -0.155. The van der Waals surface area contributed by atoms with Gasteiger partial charge in [-0.2, -0.15) is 0 Å². The normalized spacial score (nSPS) is 22.2. The van der Waals surface area contributed by atoms with Crippen molar-refractivity contribution in [1.82, 2.24) is 35.1 Å². The Morgan fingerprint density at radius 2 is 1.78 bits per heavy atom. The third-order valence-corrected chi connectivity index (χ3v) is 14.0. The maximum Gasteiger partial charge on any atom is 0.324 e. The van der Waals surface area contributed by atoms with Crippen molar-refractivity contribution in [2.75, 3.05) is 39.9 Å². The Hall–Kier alpha value is -6.04. The smallest absolute Gasteiger partial charge is 0.324 e. The van der Waals surface area contributed by atoms with Crippen molar-refractivity contribution in [2.45, 2.75) is 124 Å². The second kappa shape index (κ2) is 20.3. The van der Waals surface area contributed by atoms with E-state index in [9.17, 15) is 24.0 Å². The SMILES string of the molecule is CCn1c(-c2cccnc2C(C)C)c2c3cc(ccc31)-c1cccc(c1)C[C@H](NC(=O)[C@H](C(C)C)N(C)C(=O)[C@H]1CCN(C(=O)C#C[C@@H]3CCO3)C1)C(=O)N1CCC[C@H](N1)C(=O)OCC(C)(C)C2. The van der Waals surface area contributed by atoms with Gasteiger partial charge in [0.25, 0.3) is 11.8 Å². The largest absolute Gasteiger partial charge is 0.464 e. The summed E-state index contributed by atoms with van der Waals surface area (Å²) >= 11 is 0. The molecular weight excluding hydrogens is 859 g/mol. The first kappa shape index (κ1) is 48.4. The first-order chi connectivity index (χ1) is 32.5. The van der Waals surface area contributed by atoms with Crippen LogP contribution >= 0.6 is 0 Å². The van der Waals surface area contributed by atoms with Crippen molar-refractivity contribution in [3.8, 4) is 34.2 Å². The molecule has 0 unspecified atom stereocenters. The monoisotopic (exact) mass is 926 g/mol. The quantitative estimate of drug-likeness (QED) is 0.153. The number of nitrogens with zero attached hydrogens (tertiary/aromatic N) is 5. The molecule has 2 aromatic carbocycles. The first-order valence-electron chi connectivity index (χ1n) is 24.5. The number of hydrazine groups is 1. The van der Waals surface area contributed by atoms with Crippen LogP contribution in [0.5, 0.6) is 0 Å². The fraction of sp³-hybridized carbons (Fsp3) is 0.519. The molecule has 4 aromatic rings. The lowest BCUT2D eigenvalue weighted by Gasteiger charge is -2.37. The molecule has 8 rings (SSSR count). The fourth-order valence-electron chi connectivity index (χ4n) is 10.3. The molecule has 360 valence electrons. The van der Waals surface area contributed by atoms with E-state index in [0.717, 1.165) is 57.5 Å². The highest BCUT2D eigenvalue weighted by Gasteiger charge is 2.40. The maximum absolute atomic E-state index is 14.8. The molecule has 6 heterocycles. The molecule has 3 saturated heterocycles. The summed E-state index contributed by atoms with van der Waals surface area (Å²) < 4.78 is 13.8. The first-order valence-corrected chi connectivity index (χ1v) is 24.5. The molecule has 2 aromatic heterocycles. The zero-order valence-electron chi connectivity index (χ0n) is 40.9. The van der Waals surface area contributed by atoms with Crippen molar-refractivity contribution < 1.29 is 33.4 Å². The zero-order valence-corrected chi connectivity index (χ0v) is 40.9. The van der Waals surface area contributed by atoms with Gasteiger partial charge < -0.3 is 29.2 Å². The third kappa shape index (κ3) is 10.2. The number of fused-ring (bicyclic) bond motifs is 6. The molecule has 6 bridgehead atoms. The van der Waals surface area contributed by atoms with Crippen LogP contribution in [0.2, 0.25) is 0 Å². The van der Waals surface area contributed by atoms with Crippen molar-refractivity contribution in [2.24, 2.45) is 17.3 Å². The summed E-state index contributed by atoms with van der Waals surface area (Å²) in [5, 5.41) is 5.63. The van der Waals surface area contributed by atoms with Crippen LogP contribution < -0.4 is 10.7 Å². The van der Waals surface area contributed by atoms with E-state index in [2.05, 4.69) is 98.2 Å². The summed E-state index contributed by atoms with van der Waals surface area (Å²) in [4.78, 5) is 78.2. The lowest BCUT2D eigenvalue weighted by atomic mass is 9.83. The van der Waals surface area contributed by atoms with E-state index in [-0.39, 0.29) is 49.3 Å². The summed E-state index contributed by atoms with van der Waals surface area (Å²) in [6, 6.07) is 16.1. The Bertz CT molecular complexity index is 2640. The number of ether oxygens (including phenoxy) is 2. The number of aromatic nitrogens is 2.